The van der Waals surface area contributed by atoms with Crippen LogP contribution in [0.15, 0.2) is 60.7 Å². The summed E-state index contributed by atoms with van der Waals surface area (Å²) in [4.78, 5) is 8.81. The summed E-state index contributed by atoms with van der Waals surface area (Å²) < 4.78 is 5.21. The fourth-order valence-electron chi connectivity index (χ4n) is 2.04. The third-order valence-corrected chi connectivity index (χ3v) is 3.35. The van der Waals surface area contributed by atoms with Gasteiger partial charge in [0.15, 0.2) is 0 Å². The fourth-order valence-corrected chi connectivity index (χ4v) is 2.17. The number of benzene rings is 2. The number of methoxy groups -OCH3 is 1. The van der Waals surface area contributed by atoms with Crippen LogP contribution in [0.2, 0.25) is 5.02 Å². The molecule has 104 valence electrons. The Kier molecular flexibility index (Phi) is 3.84. The van der Waals surface area contributed by atoms with E-state index in [1.54, 1.807) is 7.11 Å². The highest BCUT2D eigenvalue weighted by atomic mass is 35.5. The second-order valence-corrected chi connectivity index (χ2v) is 4.93. The summed E-state index contributed by atoms with van der Waals surface area (Å²) >= 11 is 5.93. The quantitative estimate of drug-likeness (QED) is 0.715. The van der Waals surface area contributed by atoms with E-state index in [2.05, 4.69) is 9.97 Å². The van der Waals surface area contributed by atoms with E-state index < -0.39 is 0 Å². The third-order valence-electron chi connectivity index (χ3n) is 3.10. The molecular weight excluding hydrogens is 284 g/mol. The molecule has 2 aromatic carbocycles. The second-order valence-electron chi connectivity index (χ2n) is 4.50. The molecular formula is C17H13ClN2O. The molecule has 21 heavy (non-hydrogen) atoms. The topological polar surface area (TPSA) is 35.0 Å². The largest absolute Gasteiger partial charge is 0.467 e. The van der Waals surface area contributed by atoms with Crippen molar-refractivity contribution in [1.29, 1.82) is 0 Å². The molecule has 1 heterocycles. The van der Waals surface area contributed by atoms with Crippen LogP contribution in [0.25, 0.3) is 22.5 Å². The Morgan fingerprint density at radius 1 is 0.810 bits per heavy atom. The molecule has 0 unspecified atom stereocenters. The molecule has 0 fully saturated rings. The molecule has 0 saturated heterocycles. The zero-order chi connectivity index (χ0) is 14.7. The summed E-state index contributed by atoms with van der Waals surface area (Å²) in [6.07, 6.45) is 0. The monoisotopic (exact) mass is 296 g/mol. The van der Waals surface area contributed by atoms with Crippen molar-refractivity contribution in [3.05, 3.63) is 65.7 Å². The van der Waals surface area contributed by atoms with Crippen molar-refractivity contribution >= 4 is 11.6 Å². The van der Waals surface area contributed by atoms with Crippen LogP contribution in [-0.4, -0.2) is 17.1 Å². The van der Waals surface area contributed by atoms with Gasteiger partial charge in [0.05, 0.1) is 18.5 Å². The first-order valence-corrected chi connectivity index (χ1v) is 6.88. The van der Waals surface area contributed by atoms with Crippen LogP contribution in [0, 0.1) is 0 Å². The Morgan fingerprint density at radius 2 is 1.38 bits per heavy atom. The lowest BCUT2D eigenvalue weighted by atomic mass is 10.1. The number of aromatic nitrogens is 2. The molecule has 0 saturated carbocycles. The minimum Gasteiger partial charge on any atom is -0.467 e. The van der Waals surface area contributed by atoms with E-state index in [0.29, 0.717) is 11.0 Å². The first kappa shape index (κ1) is 13.6. The highest BCUT2D eigenvalue weighted by Gasteiger charge is 2.08. The van der Waals surface area contributed by atoms with Crippen molar-refractivity contribution in [1.82, 2.24) is 9.97 Å². The molecule has 0 radical (unpaired) electrons. The molecule has 0 aliphatic carbocycles. The zero-order valence-corrected chi connectivity index (χ0v) is 12.2. The minimum absolute atomic E-state index is 0.348. The molecule has 0 bridgehead atoms. The number of halogens is 1. The van der Waals surface area contributed by atoms with E-state index in [4.69, 9.17) is 16.3 Å². The summed E-state index contributed by atoms with van der Waals surface area (Å²) in [5, 5.41) is 0.697. The number of hydrogen-bond donors (Lipinski definition) is 0. The summed E-state index contributed by atoms with van der Waals surface area (Å²) in [5.41, 5.74) is 3.62. The number of hydrogen-bond acceptors (Lipinski definition) is 3. The van der Waals surface area contributed by atoms with Gasteiger partial charge in [0.25, 0.3) is 0 Å². The maximum atomic E-state index is 5.93. The molecule has 4 heteroatoms. The van der Waals surface area contributed by atoms with Crippen molar-refractivity contribution in [3.63, 3.8) is 0 Å². The Hall–Kier alpha value is -2.39. The van der Waals surface area contributed by atoms with Crippen LogP contribution >= 0.6 is 11.6 Å². The van der Waals surface area contributed by atoms with Gasteiger partial charge in [-0.3, -0.25) is 0 Å². The first-order valence-electron chi connectivity index (χ1n) is 6.51. The highest BCUT2D eigenvalue weighted by molar-refractivity contribution is 6.30. The lowest BCUT2D eigenvalue weighted by Crippen LogP contribution is -1.96. The van der Waals surface area contributed by atoms with Crippen molar-refractivity contribution < 1.29 is 4.74 Å². The summed E-state index contributed by atoms with van der Waals surface area (Å²) in [6, 6.07) is 19.8. The predicted octanol–water partition coefficient (Wildman–Crippen LogP) is 4.47. The average molecular weight is 297 g/mol. The summed E-state index contributed by atoms with van der Waals surface area (Å²) in [7, 11) is 1.57. The third kappa shape index (κ3) is 3.03. The lowest BCUT2D eigenvalue weighted by Gasteiger charge is -2.07. The number of ether oxygens (including phenoxy) is 1. The standard InChI is InChI=1S/C17H13ClN2O/c1-21-17-19-15(12-5-3-2-4-6-12)11-16(20-17)13-7-9-14(18)10-8-13/h2-11H,1H3. The molecule has 3 nitrogen and oxygen atoms in total. The van der Waals surface area contributed by atoms with Crippen LogP contribution in [0.5, 0.6) is 6.01 Å². The number of rotatable bonds is 3. The van der Waals surface area contributed by atoms with Crippen LogP contribution < -0.4 is 4.74 Å². The molecule has 0 aliphatic heterocycles. The molecule has 0 atom stereocenters. The smallest absolute Gasteiger partial charge is 0.317 e. The van der Waals surface area contributed by atoms with Crippen molar-refractivity contribution in [2.75, 3.05) is 7.11 Å². The molecule has 0 amide bonds. The van der Waals surface area contributed by atoms with Crippen molar-refractivity contribution in [2.24, 2.45) is 0 Å². The highest BCUT2D eigenvalue weighted by Crippen LogP contribution is 2.26. The van der Waals surface area contributed by atoms with E-state index in [9.17, 15) is 0 Å². The molecule has 0 N–H and O–H groups in total. The molecule has 0 spiro atoms. The van der Waals surface area contributed by atoms with Crippen LogP contribution in [0.1, 0.15) is 0 Å². The van der Waals surface area contributed by atoms with Crippen molar-refractivity contribution in [3.8, 4) is 28.5 Å². The fraction of sp³-hybridized carbons (Fsp3) is 0.0588. The van der Waals surface area contributed by atoms with E-state index in [1.165, 1.54) is 0 Å². The Labute approximate surface area is 128 Å². The maximum Gasteiger partial charge on any atom is 0.317 e. The van der Waals surface area contributed by atoms with Gasteiger partial charge in [-0.05, 0) is 18.2 Å². The van der Waals surface area contributed by atoms with E-state index >= 15 is 0 Å². The van der Waals surface area contributed by atoms with Crippen LogP contribution in [-0.2, 0) is 0 Å². The molecule has 3 rings (SSSR count). The minimum atomic E-state index is 0.348. The molecule has 1 aromatic heterocycles. The zero-order valence-electron chi connectivity index (χ0n) is 11.5. The van der Waals surface area contributed by atoms with Gasteiger partial charge in [-0.15, -0.1) is 0 Å². The van der Waals surface area contributed by atoms with E-state index in [0.717, 1.165) is 22.5 Å². The van der Waals surface area contributed by atoms with Gasteiger partial charge in [-0.1, -0.05) is 54.1 Å². The summed E-state index contributed by atoms with van der Waals surface area (Å²) in [6.45, 7) is 0. The molecule has 3 aromatic rings. The normalized spacial score (nSPS) is 10.4. The predicted molar refractivity (Wildman–Crippen MR) is 84.5 cm³/mol. The first-order chi connectivity index (χ1) is 10.3. The molecule has 0 aliphatic rings. The van der Waals surface area contributed by atoms with Gasteiger partial charge in [0, 0.05) is 16.1 Å². The SMILES string of the molecule is COc1nc(-c2ccccc2)cc(-c2ccc(Cl)cc2)n1. The van der Waals surface area contributed by atoms with Crippen molar-refractivity contribution in [2.45, 2.75) is 0 Å². The van der Waals surface area contributed by atoms with Gasteiger partial charge in [0.1, 0.15) is 0 Å². The summed E-state index contributed by atoms with van der Waals surface area (Å²) in [5.74, 6) is 0. The second kappa shape index (κ2) is 5.94. The van der Waals surface area contributed by atoms with E-state index in [1.807, 2.05) is 60.7 Å². The van der Waals surface area contributed by atoms with Gasteiger partial charge in [-0.2, -0.15) is 9.97 Å². The van der Waals surface area contributed by atoms with Gasteiger partial charge >= 0.3 is 6.01 Å². The van der Waals surface area contributed by atoms with Crippen LogP contribution in [0.4, 0.5) is 0 Å². The Morgan fingerprint density at radius 3 is 1.95 bits per heavy atom. The maximum absolute atomic E-state index is 5.93. The van der Waals surface area contributed by atoms with Crippen LogP contribution in [0.3, 0.4) is 0 Å². The Bertz CT molecular complexity index is 742. The van der Waals surface area contributed by atoms with E-state index in [-0.39, 0.29) is 0 Å². The average Bonchev–Trinajstić information content (AvgIpc) is 2.56. The van der Waals surface area contributed by atoms with Gasteiger partial charge in [0.2, 0.25) is 0 Å². The van der Waals surface area contributed by atoms with Gasteiger partial charge in [-0.25, -0.2) is 0 Å². The lowest BCUT2D eigenvalue weighted by molar-refractivity contribution is 0.381. The number of nitrogens with zero attached hydrogens (tertiary/aromatic N) is 2. The Balaban J connectivity index is 2.11. The van der Waals surface area contributed by atoms with Gasteiger partial charge < -0.3 is 4.74 Å².